The van der Waals surface area contributed by atoms with Crippen molar-refractivity contribution < 1.29 is 12.8 Å². The monoisotopic (exact) mass is 230 g/mol. The fraction of sp³-hybridized carbons (Fsp3) is 0.556. The van der Waals surface area contributed by atoms with Crippen molar-refractivity contribution in [3.05, 3.63) is 17.9 Å². The molecule has 2 rings (SSSR count). The van der Waals surface area contributed by atoms with Crippen LogP contribution in [0.5, 0.6) is 0 Å². The molecular weight excluding hydrogens is 216 g/mol. The molecule has 0 bridgehead atoms. The fourth-order valence-electron chi connectivity index (χ4n) is 1.42. The molecule has 0 saturated heterocycles. The van der Waals surface area contributed by atoms with Crippen molar-refractivity contribution in [2.75, 3.05) is 0 Å². The lowest BCUT2D eigenvalue weighted by atomic mass is 9.94. The molecular formula is C9H14N2O3S. The number of hydrogen-bond acceptors (Lipinski definition) is 4. The summed E-state index contributed by atoms with van der Waals surface area (Å²) >= 11 is 0. The molecule has 1 heterocycles. The van der Waals surface area contributed by atoms with Gasteiger partial charge in [0.2, 0.25) is 5.09 Å². The Labute approximate surface area is 88.7 Å². The van der Waals surface area contributed by atoms with Crippen LogP contribution in [0, 0.1) is 0 Å². The third-order valence-electron chi connectivity index (χ3n) is 2.53. The molecule has 3 N–H and O–H groups in total. The molecule has 84 valence electrons. The average Bonchev–Trinajstić information content (AvgIpc) is 2.60. The third kappa shape index (κ3) is 2.22. The van der Waals surface area contributed by atoms with Crippen LogP contribution in [0.3, 0.4) is 0 Å². The van der Waals surface area contributed by atoms with Gasteiger partial charge in [0.05, 0.1) is 6.54 Å². The number of hydrogen-bond donors (Lipinski definition) is 2. The van der Waals surface area contributed by atoms with Gasteiger partial charge < -0.3 is 10.2 Å². The van der Waals surface area contributed by atoms with Crippen LogP contribution in [0.15, 0.2) is 21.6 Å². The highest BCUT2D eigenvalue weighted by Crippen LogP contribution is 2.21. The molecule has 0 unspecified atom stereocenters. The minimum absolute atomic E-state index is 0.0464. The van der Waals surface area contributed by atoms with Gasteiger partial charge in [0, 0.05) is 6.04 Å². The molecule has 0 radical (unpaired) electrons. The van der Waals surface area contributed by atoms with E-state index in [1.54, 1.807) is 6.07 Å². The molecule has 0 spiro atoms. The molecule has 0 aliphatic heterocycles. The first-order valence-electron chi connectivity index (χ1n) is 4.93. The molecule has 1 aliphatic carbocycles. The second-order valence-electron chi connectivity index (χ2n) is 3.67. The first-order valence-corrected chi connectivity index (χ1v) is 6.41. The maximum absolute atomic E-state index is 11.7. The van der Waals surface area contributed by atoms with Crippen LogP contribution < -0.4 is 10.5 Å². The molecule has 1 aromatic heterocycles. The average molecular weight is 230 g/mol. The third-order valence-corrected chi connectivity index (χ3v) is 3.92. The van der Waals surface area contributed by atoms with Gasteiger partial charge in [-0.15, -0.1) is 0 Å². The van der Waals surface area contributed by atoms with E-state index in [1.165, 1.54) is 6.07 Å². The van der Waals surface area contributed by atoms with Crippen molar-refractivity contribution in [1.82, 2.24) is 4.72 Å². The Balaban J connectivity index is 2.13. The Morgan fingerprint density at radius 2 is 2.20 bits per heavy atom. The van der Waals surface area contributed by atoms with Crippen molar-refractivity contribution in [3.8, 4) is 0 Å². The van der Waals surface area contributed by atoms with E-state index in [4.69, 9.17) is 10.2 Å². The maximum Gasteiger partial charge on any atom is 0.274 e. The fourth-order valence-corrected chi connectivity index (χ4v) is 2.67. The second kappa shape index (κ2) is 3.96. The first-order chi connectivity index (χ1) is 7.12. The zero-order valence-corrected chi connectivity index (χ0v) is 9.09. The highest BCUT2D eigenvalue weighted by molar-refractivity contribution is 7.89. The van der Waals surface area contributed by atoms with Crippen molar-refractivity contribution in [3.63, 3.8) is 0 Å². The molecule has 1 saturated carbocycles. The summed E-state index contributed by atoms with van der Waals surface area (Å²) in [5, 5.41) is -0.0464. The van der Waals surface area contributed by atoms with Gasteiger partial charge >= 0.3 is 0 Å². The Morgan fingerprint density at radius 1 is 1.47 bits per heavy atom. The van der Waals surface area contributed by atoms with Gasteiger partial charge in [-0.05, 0) is 25.0 Å². The molecule has 0 atom stereocenters. The van der Waals surface area contributed by atoms with Gasteiger partial charge in [0.1, 0.15) is 5.76 Å². The number of rotatable bonds is 4. The topological polar surface area (TPSA) is 85.3 Å². The van der Waals surface area contributed by atoms with Crippen LogP contribution in [-0.2, 0) is 16.6 Å². The first kappa shape index (κ1) is 10.7. The minimum Gasteiger partial charge on any atom is -0.447 e. The highest BCUT2D eigenvalue weighted by Gasteiger charge is 2.26. The van der Waals surface area contributed by atoms with Gasteiger partial charge in [0.15, 0.2) is 0 Å². The van der Waals surface area contributed by atoms with Crippen LogP contribution in [0.4, 0.5) is 0 Å². The lowest BCUT2D eigenvalue weighted by Gasteiger charge is -2.25. The van der Waals surface area contributed by atoms with E-state index in [0.29, 0.717) is 5.76 Å². The van der Waals surface area contributed by atoms with E-state index in [1.807, 2.05) is 0 Å². The summed E-state index contributed by atoms with van der Waals surface area (Å²) in [7, 11) is -3.48. The summed E-state index contributed by atoms with van der Waals surface area (Å²) in [6.45, 7) is 0.207. The normalized spacial score (nSPS) is 17.7. The van der Waals surface area contributed by atoms with E-state index in [0.717, 1.165) is 19.3 Å². The molecule has 1 aromatic rings. The lowest BCUT2D eigenvalue weighted by Crippen LogP contribution is -2.39. The second-order valence-corrected chi connectivity index (χ2v) is 5.32. The van der Waals surface area contributed by atoms with Gasteiger partial charge in [-0.25, -0.2) is 13.1 Å². The van der Waals surface area contributed by atoms with Crippen LogP contribution in [0.2, 0.25) is 0 Å². The zero-order chi connectivity index (χ0) is 10.9. The highest BCUT2D eigenvalue weighted by atomic mass is 32.2. The van der Waals surface area contributed by atoms with E-state index in [9.17, 15) is 8.42 Å². The predicted molar refractivity (Wildman–Crippen MR) is 54.6 cm³/mol. The molecule has 6 heteroatoms. The molecule has 1 fully saturated rings. The van der Waals surface area contributed by atoms with Crippen LogP contribution in [-0.4, -0.2) is 14.5 Å². The maximum atomic E-state index is 11.7. The largest absolute Gasteiger partial charge is 0.447 e. The quantitative estimate of drug-likeness (QED) is 0.791. The van der Waals surface area contributed by atoms with Crippen LogP contribution in [0.25, 0.3) is 0 Å². The van der Waals surface area contributed by atoms with Crippen molar-refractivity contribution in [2.24, 2.45) is 5.73 Å². The predicted octanol–water partition coefficient (Wildman–Crippen LogP) is 0.569. The Morgan fingerprint density at radius 3 is 2.67 bits per heavy atom. The van der Waals surface area contributed by atoms with E-state index in [-0.39, 0.29) is 17.7 Å². The summed E-state index contributed by atoms with van der Waals surface area (Å²) in [5.41, 5.74) is 5.34. The van der Waals surface area contributed by atoms with Crippen molar-refractivity contribution >= 4 is 10.0 Å². The zero-order valence-electron chi connectivity index (χ0n) is 8.27. The van der Waals surface area contributed by atoms with Crippen LogP contribution in [0.1, 0.15) is 25.0 Å². The summed E-state index contributed by atoms with van der Waals surface area (Å²) in [6, 6.07) is 3.08. The molecule has 0 aromatic carbocycles. The Bertz CT molecular complexity index is 434. The van der Waals surface area contributed by atoms with E-state index in [2.05, 4.69) is 4.72 Å². The number of sulfonamides is 1. The summed E-state index contributed by atoms with van der Waals surface area (Å²) in [4.78, 5) is 0. The van der Waals surface area contributed by atoms with Crippen molar-refractivity contribution in [1.29, 1.82) is 0 Å². The summed E-state index contributed by atoms with van der Waals surface area (Å²) in [5.74, 6) is 0.476. The van der Waals surface area contributed by atoms with Crippen LogP contribution >= 0.6 is 0 Å². The lowest BCUT2D eigenvalue weighted by molar-refractivity contribution is 0.369. The van der Waals surface area contributed by atoms with Crippen molar-refractivity contribution in [2.45, 2.75) is 36.9 Å². The van der Waals surface area contributed by atoms with E-state index >= 15 is 0 Å². The minimum atomic E-state index is -3.48. The van der Waals surface area contributed by atoms with Gasteiger partial charge in [0.25, 0.3) is 10.0 Å². The smallest absolute Gasteiger partial charge is 0.274 e. The van der Waals surface area contributed by atoms with E-state index < -0.39 is 10.0 Å². The van der Waals surface area contributed by atoms with Gasteiger partial charge in [-0.1, -0.05) is 6.42 Å². The number of furan rings is 1. The SMILES string of the molecule is NCc1ccc(S(=O)(=O)NC2CCC2)o1. The molecule has 0 amide bonds. The summed E-state index contributed by atoms with van der Waals surface area (Å²) < 4.78 is 31.1. The van der Waals surface area contributed by atoms with Gasteiger partial charge in [-0.2, -0.15) is 0 Å². The van der Waals surface area contributed by atoms with Gasteiger partial charge in [-0.3, -0.25) is 0 Å². The Kier molecular flexibility index (Phi) is 2.81. The molecule has 5 nitrogen and oxygen atoms in total. The summed E-state index contributed by atoms with van der Waals surface area (Å²) in [6.07, 6.45) is 2.90. The number of nitrogens with one attached hydrogen (secondary N) is 1. The Hall–Kier alpha value is -0.850. The number of nitrogens with two attached hydrogens (primary N) is 1. The molecule has 1 aliphatic rings. The molecule has 15 heavy (non-hydrogen) atoms. The standard InChI is InChI=1S/C9H14N2O3S/c10-6-8-4-5-9(14-8)15(12,13)11-7-2-1-3-7/h4-5,7,11H,1-3,6,10H2.